The highest BCUT2D eigenvalue weighted by molar-refractivity contribution is 5.86. The van der Waals surface area contributed by atoms with Crippen molar-refractivity contribution in [1.29, 1.82) is 0 Å². The lowest BCUT2D eigenvalue weighted by atomic mass is 9.73. The molecule has 2 atom stereocenters. The van der Waals surface area contributed by atoms with E-state index in [-0.39, 0.29) is 17.9 Å². The number of hydrogen-bond acceptors (Lipinski definition) is 4. The van der Waals surface area contributed by atoms with Gasteiger partial charge >= 0.3 is 0 Å². The first kappa shape index (κ1) is 22.2. The molecule has 2 unspecified atom stereocenters. The third-order valence-electron chi connectivity index (χ3n) is 6.50. The molecular formula is C26H31N3O3. The van der Waals surface area contributed by atoms with Gasteiger partial charge in [-0.15, -0.1) is 6.58 Å². The molecule has 2 aliphatic heterocycles. The Hall–Kier alpha value is -2.99. The van der Waals surface area contributed by atoms with Gasteiger partial charge in [0.15, 0.2) is 0 Å². The zero-order valence-corrected chi connectivity index (χ0v) is 18.5. The first-order valence-corrected chi connectivity index (χ1v) is 11.4. The molecule has 0 radical (unpaired) electrons. The minimum absolute atomic E-state index is 0.0173. The predicted octanol–water partition coefficient (Wildman–Crippen LogP) is 3.38. The Morgan fingerprint density at radius 2 is 2.12 bits per heavy atom. The number of carbonyl (C=O) groups excluding carboxylic acids is 2. The molecule has 1 N–H and O–H groups in total. The molecule has 168 valence electrons. The Balaban J connectivity index is 1.65. The summed E-state index contributed by atoms with van der Waals surface area (Å²) in [6.07, 6.45) is 8.65. The highest BCUT2D eigenvalue weighted by Crippen LogP contribution is 2.37. The normalized spacial score (nSPS) is 23.0. The van der Waals surface area contributed by atoms with Gasteiger partial charge < -0.3 is 15.0 Å². The average Bonchev–Trinajstić information content (AvgIpc) is 3.38. The average molecular weight is 434 g/mol. The van der Waals surface area contributed by atoms with Gasteiger partial charge in [-0.2, -0.15) is 0 Å². The molecule has 0 bridgehead atoms. The molecule has 1 aromatic heterocycles. The van der Waals surface area contributed by atoms with Crippen LogP contribution in [-0.4, -0.2) is 54.0 Å². The van der Waals surface area contributed by atoms with Crippen molar-refractivity contribution in [2.75, 3.05) is 26.2 Å². The second kappa shape index (κ2) is 10.1. The van der Waals surface area contributed by atoms with Gasteiger partial charge in [0.2, 0.25) is 5.91 Å². The van der Waals surface area contributed by atoms with Crippen LogP contribution < -0.4 is 5.32 Å². The second-order valence-electron chi connectivity index (χ2n) is 8.72. The summed E-state index contributed by atoms with van der Waals surface area (Å²) in [5, 5.41) is 3.01. The molecule has 2 aromatic rings. The van der Waals surface area contributed by atoms with Crippen molar-refractivity contribution in [3.05, 3.63) is 67.0 Å². The SMILES string of the molecule is C=CCNC(=O)C1(Cc2ccccc2-c2cccnc2)CCCN(C(=O)C2CCCO2)C1. The molecule has 0 saturated carbocycles. The highest BCUT2D eigenvalue weighted by atomic mass is 16.5. The number of nitrogens with one attached hydrogen (secondary N) is 1. The van der Waals surface area contributed by atoms with Crippen LogP contribution >= 0.6 is 0 Å². The third kappa shape index (κ3) is 4.75. The first-order chi connectivity index (χ1) is 15.6. The zero-order chi connectivity index (χ0) is 22.4. The number of nitrogens with zero attached hydrogens (tertiary/aromatic N) is 2. The zero-order valence-electron chi connectivity index (χ0n) is 18.5. The van der Waals surface area contributed by atoms with Crippen LogP contribution in [0.2, 0.25) is 0 Å². The van der Waals surface area contributed by atoms with E-state index in [2.05, 4.69) is 29.0 Å². The van der Waals surface area contributed by atoms with Gasteiger partial charge in [0, 0.05) is 44.2 Å². The quantitative estimate of drug-likeness (QED) is 0.680. The largest absolute Gasteiger partial charge is 0.368 e. The van der Waals surface area contributed by atoms with Gasteiger partial charge in [0.05, 0.1) is 5.41 Å². The van der Waals surface area contributed by atoms with Crippen molar-refractivity contribution in [1.82, 2.24) is 15.2 Å². The van der Waals surface area contributed by atoms with Crippen molar-refractivity contribution < 1.29 is 14.3 Å². The van der Waals surface area contributed by atoms with Gasteiger partial charge in [-0.25, -0.2) is 0 Å². The maximum absolute atomic E-state index is 13.5. The molecule has 0 aliphatic carbocycles. The predicted molar refractivity (Wildman–Crippen MR) is 124 cm³/mol. The van der Waals surface area contributed by atoms with E-state index in [1.165, 1.54) is 0 Å². The number of hydrogen-bond donors (Lipinski definition) is 1. The van der Waals surface area contributed by atoms with E-state index in [1.54, 1.807) is 12.3 Å². The maximum Gasteiger partial charge on any atom is 0.251 e. The fourth-order valence-corrected chi connectivity index (χ4v) is 4.90. The molecule has 2 saturated heterocycles. The number of pyridine rings is 1. The summed E-state index contributed by atoms with van der Waals surface area (Å²) in [6.45, 7) is 5.84. The number of ether oxygens (including phenoxy) is 1. The monoisotopic (exact) mass is 433 g/mol. The second-order valence-corrected chi connectivity index (χ2v) is 8.72. The Kier molecular flexibility index (Phi) is 7.00. The topological polar surface area (TPSA) is 71.5 Å². The van der Waals surface area contributed by atoms with Crippen LogP contribution in [0.15, 0.2) is 61.4 Å². The Bertz CT molecular complexity index is 956. The maximum atomic E-state index is 13.5. The Labute approximate surface area is 189 Å². The highest BCUT2D eigenvalue weighted by Gasteiger charge is 2.45. The van der Waals surface area contributed by atoms with Gasteiger partial charge in [-0.3, -0.25) is 14.6 Å². The van der Waals surface area contributed by atoms with Crippen LogP contribution in [-0.2, 0) is 20.7 Å². The fourth-order valence-electron chi connectivity index (χ4n) is 4.90. The van der Waals surface area contributed by atoms with E-state index in [0.717, 1.165) is 42.4 Å². The summed E-state index contributed by atoms with van der Waals surface area (Å²) >= 11 is 0. The fraction of sp³-hybridized carbons (Fsp3) is 0.423. The molecule has 3 heterocycles. The third-order valence-corrected chi connectivity index (χ3v) is 6.50. The van der Waals surface area contributed by atoms with E-state index in [0.29, 0.717) is 32.7 Å². The van der Waals surface area contributed by atoms with Crippen molar-refractivity contribution >= 4 is 11.8 Å². The van der Waals surface area contributed by atoms with Crippen molar-refractivity contribution in [2.45, 2.75) is 38.2 Å². The van der Waals surface area contributed by atoms with E-state index < -0.39 is 5.41 Å². The molecule has 2 fully saturated rings. The number of benzene rings is 1. The van der Waals surface area contributed by atoms with E-state index in [9.17, 15) is 9.59 Å². The van der Waals surface area contributed by atoms with Crippen molar-refractivity contribution in [3.8, 4) is 11.1 Å². The summed E-state index contributed by atoms with van der Waals surface area (Å²) in [4.78, 5) is 32.7. The van der Waals surface area contributed by atoms with E-state index >= 15 is 0 Å². The van der Waals surface area contributed by atoms with E-state index in [4.69, 9.17) is 4.74 Å². The lowest BCUT2D eigenvalue weighted by Gasteiger charge is -2.42. The molecule has 4 rings (SSSR count). The summed E-state index contributed by atoms with van der Waals surface area (Å²) < 4.78 is 5.64. The summed E-state index contributed by atoms with van der Waals surface area (Å²) in [7, 11) is 0. The van der Waals surface area contributed by atoms with Crippen LogP contribution in [0, 0.1) is 5.41 Å². The minimum Gasteiger partial charge on any atom is -0.368 e. The smallest absolute Gasteiger partial charge is 0.251 e. The van der Waals surface area contributed by atoms with Crippen LogP contribution in [0.4, 0.5) is 0 Å². The lowest BCUT2D eigenvalue weighted by molar-refractivity contribution is -0.148. The first-order valence-electron chi connectivity index (χ1n) is 11.4. The molecule has 2 aliphatic rings. The van der Waals surface area contributed by atoms with Crippen LogP contribution in [0.25, 0.3) is 11.1 Å². The minimum atomic E-state index is -0.701. The number of carbonyl (C=O) groups is 2. The molecule has 1 aromatic carbocycles. The standard InChI is InChI=1S/C26H31N3O3/c1-2-13-28-25(31)26(12-7-15-29(19-26)24(30)23-11-6-16-32-23)17-20-8-3-4-10-22(20)21-9-5-14-27-18-21/h2-5,8-10,14,18,23H,1,6-7,11-13,15-17,19H2,(H,28,31). The number of piperidine rings is 1. The number of rotatable bonds is 7. The van der Waals surface area contributed by atoms with Crippen molar-refractivity contribution in [3.63, 3.8) is 0 Å². The number of amides is 2. The van der Waals surface area contributed by atoms with Crippen LogP contribution in [0.3, 0.4) is 0 Å². The summed E-state index contributed by atoms with van der Waals surface area (Å²) in [5.74, 6) is -0.00753. The van der Waals surface area contributed by atoms with Gasteiger partial charge in [0.1, 0.15) is 6.10 Å². The van der Waals surface area contributed by atoms with Crippen LogP contribution in [0.1, 0.15) is 31.2 Å². The molecule has 0 spiro atoms. The van der Waals surface area contributed by atoms with Crippen LogP contribution in [0.5, 0.6) is 0 Å². The van der Waals surface area contributed by atoms with Gasteiger partial charge in [-0.1, -0.05) is 36.4 Å². The van der Waals surface area contributed by atoms with Gasteiger partial charge in [-0.05, 0) is 49.3 Å². The molecule has 6 nitrogen and oxygen atoms in total. The van der Waals surface area contributed by atoms with E-state index in [1.807, 2.05) is 35.4 Å². The van der Waals surface area contributed by atoms with Crippen molar-refractivity contribution in [2.24, 2.45) is 5.41 Å². The Morgan fingerprint density at radius 1 is 1.25 bits per heavy atom. The number of aromatic nitrogens is 1. The number of likely N-dealkylation sites (tertiary alicyclic amines) is 1. The molecular weight excluding hydrogens is 402 g/mol. The molecule has 32 heavy (non-hydrogen) atoms. The molecule has 2 amide bonds. The summed E-state index contributed by atoms with van der Waals surface area (Å²) in [5.41, 5.74) is 2.47. The van der Waals surface area contributed by atoms with Gasteiger partial charge in [0.25, 0.3) is 5.91 Å². The summed E-state index contributed by atoms with van der Waals surface area (Å²) in [6, 6.07) is 12.1. The molecule has 6 heteroatoms. The Morgan fingerprint density at radius 3 is 2.88 bits per heavy atom. The lowest BCUT2D eigenvalue weighted by Crippen LogP contribution is -2.56.